The van der Waals surface area contributed by atoms with Gasteiger partial charge in [0.05, 0.1) is 0 Å². The number of rotatable bonds is 5. The molecule has 6 nitrogen and oxygen atoms in total. The highest BCUT2D eigenvalue weighted by Gasteiger charge is 2.23. The van der Waals surface area contributed by atoms with Crippen LogP contribution in [0.2, 0.25) is 0 Å². The van der Waals surface area contributed by atoms with Gasteiger partial charge in [0.1, 0.15) is 6.54 Å². The van der Waals surface area contributed by atoms with Crippen LogP contribution in [0.5, 0.6) is 0 Å². The Balaban J connectivity index is 0.00000312. The van der Waals surface area contributed by atoms with E-state index in [1.807, 2.05) is 0 Å². The van der Waals surface area contributed by atoms with Crippen molar-refractivity contribution in [3.8, 4) is 0 Å². The standard InChI is InChI=1S/C18H33N5O.HI/c1-6-13-9-8-10-14(11-13)21-17(19-7-2)20-12-15-22-16(24-23-15)18(3,4)5;/h13-14H,6-12H2,1-5H3,(H2,19,20,21);1H. The van der Waals surface area contributed by atoms with E-state index in [-0.39, 0.29) is 29.4 Å². The molecule has 0 amide bonds. The molecule has 0 radical (unpaired) electrons. The summed E-state index contributed by atoms with van der Waals surface area (Å²) in [7, 11) is 0. The van der Waals surface area contributed by atoms with Crippen LogP contribution < -0.4 is 10.6 Å². The number of hydrogen-bond donors (Lipinski definition) is 2. The monoisotopic (exact) mass is 463 g/mol. The zero-order chi connectivity index (χ0) is 17.6. The highest BCUT2D eigenvalue weighted by Crippen LogP contribution is 2.26. The molecule has 0 aromatic carbocycles. The molecule has 1 aromatic rings. The topological polar surface area (TPSA) is 75.3 Å². The largest absolute Gasteiger partial charge is 0.357 e. The van der Waals surface area contributed by atoms with Gasteiger partial charge in [-0.05, 0) is 25.7 Å². The summed E-state index contributed by atoms with van der Waals surface area (Å²) >= 11 is 0. The van der Waals surface area contributed by atoms with E-state index in [0.29, 0.717) is 24.3 Å². The van der Waals surface area contributed by atoms with Crippen LogP contribution in [0.25, 0.3) is 0 Å². The summed E-state index contributed by atoms with van der Waals surface area (Å²) in [5.74, 6) is 2.97. The zero-order valence-electron chi connectivity index (χ0n) is 16.3. The van der Waals surface area contributed by atoms with Gasteiger partial charge in [-0.15, -0.1) is 24.0 Å². The molecule has 0 saturated heterocycles. The smallest absolute Gasteiger partial charge is 0.232 e. The summed E-state index contributed by atoms with van der Waals surface area (Å²) in [6.45, 7) is 11.8. The minimum absolute atomic E-state index is 0. The van der Waals surface area contributed by atoms with Crippen molar-refractivity contribution in [2.24, 2.45) is 10.9 Å². The fourth-order valence-corrected chi connectivity index (χ4v) is 3.08. The second-order valence-electron chi connectivity index (χ2n) is 7.74. The molecule has 2 unspecified atom stereocenters. The fraction of sp³-hybridized carbons (Fsp3) is 0.833. The fourth-order valence-electron chi connectivity index (χ4n) is 3.08. The minimum atomic E-state index is -0.130. The van der Waals surface area contributed by atoms with Crippen molar-refractivity contribution in [1.29, 1.82) is 0 Å². The van der Waals surface area contributed by atoms with E-state index in [4.69, 9.17) is 4.52 Å². The highest BCUT2D eigenvalue weighted by molar-refractivity contribution is 14.0. The van der Waals surface area contributed by atoms with Gasteiger partial charge in [0.25, 0.3) is 0 Å². The van der Waals surface area contributed by atoms with Crippen LogP contribution in [-0.4, -0.2) is 28.7 Å². The highest BCUT2D eigenvalue weighted by atomic mass is 127. The summed E-state index contributed by atoms with van der Waals surface area (Å²) in [5.41, 5.74) is -0.130. The van der Waals surface area contributed by atoms with Gasteiger partial charge in [0.15, 0.2) is 11.8 Å². The van der Waals surface area contributed by atoms with Gasteiger partial charge in [-0.1, -0.05) is 52.1 Å². The second kappa shape index (κ2) is 10.3. The van der Waals surface area contributed by atoms with Crippen molar-refractivity contribution < 1.29 is 4.52 Å². The van der Waals surface area contributed by atoms with Crippen LogP contribution in [0.1, 0.15) is 78.4 Å². The van der Waals surface area contributed by atoms with Gasteiger partial charge in [-0.2, -0.15) is 4.98 Å². The Morgan fingerprint density at radius 1 is 1.28 bits per heavy atom. The summed E-state index contributed by atoms with van der Waals surface area (Å²) in [6, 6.07) is 0.511. The van der Waals surface area contributed by atoms with E-state index in [1.165, 1.54) is 32.1 Å². The molecule has 1 aliphatic rings. The lowest BCUT2D eigenvalue weighted by atomic mass is 9.84. The first kappa shape index (κ1) is 22.2. The molecule has 7 heteroatoms. The predicted octanol–water partition coefficient (Wildman–Crippen LogP) is 4.01. The number of nitrogens with zero attached hydrogens (tertiary/aromatic N) is 3. The van der Waals surface area contributed by atoms with Crippen LogP contribution in [0.15, 0.2) is 9.52 Å². The maximum Gasteiger partial charge on any atom is 0.232 e. The van der Waals surface area contributed by atoms with E-state index in [9.17, 15) is 0 Å². The van der Waals surface area contributed by atoms with Crippen molar-refractivity contribution in [2.75, 3.05) is 6.54 Å². The van der Waals surface area contributed by atoms with Crippen molar-refractivity contribution >= 4 is 29.9 Å². The van der Waals surface area contributed by atoms with Crippen molar-refractivity contribution in [3.63, 3.8) is 0 Å². The van der Waals surface area contributed by atoms with Crippen LogP contribution in [0.3, 0.4) is 0 Å². The first-order valence-electron chi connectivity index (χ1n) is 9.30. The Morgan fingerprint density at radius 2 is 2.04 bits per heavy atom. The Labute approximate surface area is 169 Å². The van der Waals surface area contributed by atoms with Crippen LogP contribution in [0.4, 0.5) is 0 Å². The SMILES string of the molecule is CCNC(=NCc1noc(C(C)(C)C)n1)NC1CCCC(CC)C1.I. The molecule has 25 heavy (non-hydrogen) atoms. The van der Waals surface area contributed by atoms with Gasteiger partial charge in [-0.25, -0.2) is 4.99 Å². The lowest BCUT2D eigenvalue weighted by molar-refractivity contribution is 0.298. The van der Waals surface area contributed by atoms with Crippen molar-refractivity contribution in [1.82, 2.24) is 20.8 Å². The molecule has 0 bridgehead atoms. The lowest BCUT2D eigenvalue weighted by Gasteiger charge is -2.30. The van der Waals surface area contributed by atoms with Gasteiger partial charge in [-0.3, -0.25) is 0 Å². The first-order chi connectivity index (χ1) is 11.4. The molecular weight excluding hydrogens is 429 g/mol. The average molecular weight is 463 g/mol. The molecule has 1 fully saturated rings. The third-order valence-electron chi connectivity index (χ3n) is 4.53. The molecule has 2 rings (SSSR count). The number of aliphatic imine (C=N–C) groups is 1. The Bertz CT molecular complexity index is 538. The summed E-state index contributed by atoms with van der Waals surface area (Å²) in [4.78, 5) is 9.08. The second-order valence-corrected chi connectivity index (χ2v) is 7.74. The quantitative estimate of drug-likeness (QED) is 0.392. The summed E-state index contributed by atoms with van der Waals surface area (Å²) in [6.07, 6.45) is 6.38. The molecule has 2 atom stereocenters. The number of hydrogen-bond acceptors (Lipinski definition) is 4. The molecular formula is C18H34IN5O. The van der Waals surface area contributed by atoms with Crippen LogP contribution >= 0.6 is 24.0 Å². The molecule has 1 aliphatic carbocycles. The summed E-state index contributed by atoms with van der Waals surface area (Å²) < 4.78 is 5.33. The summed E-state index contributed by atoms with van der Waals surface area (Å²) in [5, 5.41) is 10.9. The van der Waals surface area contributed by atoms with Gasteiger partial charge in [0, 0.05) is 18.0 Å². The minimum Gasteiger partial charge on any atom is -0.357 e. The third-order valence-corrected chi connectivity index (χ3v) is 4.53. The molecule has 1 saturated carbocycles. The maximum absolute atomic E-state index is 5.33. The van der Waals surface area contributed by atoms with Gasteiger partial charge >= 0.3 is 0 Å². The Morgan fingerprint density at radius 3 is 2.64 bits per heavy atom. The van der Waals surface area contributed by atoms with Crippen molar-refractivity contribution in [2.45, 2.75) is 84.7 Å². The van der Waals surface area contributed by atoms with Crippen molar-refractivity contribution in [3.05, 3.63) is 11.7 Å². The number of nitrogens with one attached hydrogen (secondary N) is 2. The van der Waals surface area contributed by atoms with Gasteiger partial charge in [0.2, 0.25) is 5.89 Å². The molecule has 144 valence electrons. The van der Waals surface area contributed by atoms with Crippen LogP contribution in [-0.2, 0) is 12.0 Å². The lowest BCUT2D eigenvalue weighted by Crippen LogP contribution is -2.45. The maximum atomic E-state index is 5.33. The number of guanidine groups is 1. The number of aromatic nitrogens is 2. The van der Waals surface area contributed by atoms with Gasteiger partial charge < -0.3 is 15.2 Å². The van der Waals surface area contributed by atoms with Crippen LogP contribution in [0, 0.1) is 5.92 Å². The van der Waals surface area contributed by atoms with E-state index < -0.39 is 0 Å². The number of halogens is 1. The third kappa shape index (κ3) is 7.11. The molecule has 1 aromatic heterocycles. The predicted molar refractivity (Wildman–Crippen MR) is 112 cm³/mol. The van der Waals surface area contributed by atoms with E-state index in [0.717, 1.165) is 18.4 Å². The first-order valence-corrected chi connectivity index (χ1v) is 9.30. The van der Waals surface area contributed by atoms with E-state index >= 15 is 0 Å². The zero-order valence-corrected chi connectivity index (χ0v) is 18.6. The average Bonchev–Trinajstić information content (AvgIpc) is 3.02. The Hall–Kier alpha value is -0.860. The molecule has 0 aliphatic heterocycles. The normalized spacial score (nSPS) is 21.6. The Kier molecular flexibility index (Phi) is 9.16. The molecule has 1 heterocycles. The molecule has 2 N–H and O–H groups in total. The van der Waals surface area contributed by atoms with E-state index in [1.54, 1.807) is 0 Å². The van der Waals surface area contributed by atoms with E-state index in [2.05, 4.69) is 60.4 Å². The molecule has 0 spiro atoms.